The monoisotopic (exact) mass is 501 g/mol. The van der Waals surface area contributed by atoms with Gasteiger partial charge in [-0.3, -0.25) is 9.78 Å². The van der Waals surface area contributed by atoms with E-state index in [1.54, 1.807) is 18.3 Å². The minimum Gasteiger partial charge on any atom is -0.481 e. The van der Waals surface area contributed by atoms with Gasteiger partial charge in [0, 0.05) is 30.5 Å². The number of pyridine rings is 2. The Morgan fingerprint density at radius 1 is 1.11 bits per heavy atom. The first kappa shape index (κ1) is 25.9. The van der Waals surface area contributed by atoms with E-state index >= 15 is 0 Å². The summed E-state index contributed by atoms with van der Waals surface area (Å²) in [5.74, 6) is 0.532. The minimum atomic E-state index is -4.40. The fourth-order valence-corrected chi connectivity index (χ4v) is 4.96. The van der Waals surface area contributed by atoms with Gasteiger partial charge in [-0.25, -0.2) is 4.98 Å². The van der Waals surface area contributed by atoms with Crippen LogP contribution in [0.3, 0.4) is 0 Å². The van der Waals surface area contributed by atoms with Crippen molar-refractivity contribution >= 4 is 16.8 Å². The molecule has 0 aliphatic heterocycles. The van der Waals surface area contributed by atoms with Gasteiger partial charge in [0.2, 0.25) is 5.88 Å². The maximum atomic E-state index is 13.3. The molecule has 4 rings (SSSR count). The van der Waals surface area contributed by atoms with Gasteiger partial charge in [0.05, 0.1) is 36.4 Å². The number of hydrogen-bond donors (Lipinski definition) is 1. The van der Waals surface area contributed by atoms with Crippen molar-refractivity contribution in [3.8, 4) is 5.88 Å². The number of nitrogens with zero attached hydrogens (tertiary/aromatic N) is 2. The van der Waals surface area contributed by atoms with Gasteiger partial charge in [-0.15, -0.1) is 0 Å². The second-order valence-corrected chi connectivity index (χ2v) is 9.07. The van der Waals surface area contributed by atoms with Crippen molar-refractivity contribution in [2.24, 2.45) is 5.92 Å². The van der Waals surface area contributed by atoms with Crippen molar-refractivity contribution in [1.82, 2.24) is 15.3 Å². The van der Waals surface area contributed by atoms with Gasteiger partial charge >= 0.3 is 6.18 Å². The lowest BCUT2D eigenvalue weighted by Gasteiger charge is -2.34. The summed E-state index contributed by atoms with van der Waals surface area (Å²) in [5, 5.41) is 3.66. The number of carbonyl (C=O) groups is 1. The smallest absolute Gasteiger partial charge is 0.416 e. The van der Waals surface area contributed by atoms with Gasteiger partial charge in [0.15, 0.2) is 0 Å². The zero-order valence-corrected chi connectivity index (χ0v) is 20.3. The number of amides is 1. The van der Waals surface area contributed by atoms with Crippen LogP contribution in [-0.4, -0.2) is 42.2 Å². The fourth-order valence-electron chi connectivity index (χ4n) is 4.96. The number of benzene rings is 1. The van der Waals surface area contributed by atoms with E-state index in [0.717, 1.165) is 37.3 Å². The molecule has 1 aromatic carbocycles. The Balaban J connectivity index is 1.47. The second kappa shape index (κ2) is 11.2. The van der Waals surface area contributed by atoms with Crippen LogP contribution >= 0.6 is 0 Å². The van der Waals surface area contributed by atoms with E-state index < -0.39 is 11.7 Å². The highest BCUT2D eigenvalue weighted by molar-refractivity contribution is 5.94. The van der Waals surface area contributed by atoms with Crippen molar-refractivity contribution in [3.63, 3.8) is 0 Å². The van der Waals surface area contributed by atoms with Gasteiger partial charge in [-0.1, -0.05) is 0 Å². The quantitative estimate of drug-likeness (QED) is 0.425. The molecule has 1 fully saturated rings. The largest absolute Gasteiger partial charge is 0.481 e. The summed E-state index contributed by atoms with van der Waals surface area (Å²) in [5.41, 5.74) is 1.25. The molecular weight excluding hydrogens is 471 g/mol. The van der Waals surface area contributed by atoms with Crippen LogP contribution in [-0.2, 0) is 10.9 Å². The predicted octanol–water partition coefficient (Wildman–Crippen LogP) is 5.77. The molecule has 0 spiro atoms. The molecule has 1 atom stereocenters. The molecule has 0 bridgehead atoms. The van der Waals surface area contributed by atoms with E-state index in [-0.39, 0.29) is 23.8 Å². The molecular formula is C27H30F3N3O3. The van der Waals surface area contributed by atoms with Crippen molar-refractivity contribution in [1.29, 1.82) is 0 Å². The summed E-state index contributed by atoms with van der Waals surface area (Å²) in [6, 6.07) is 8.70. The summed E-state index contributed by atoms with van der Waals surface area (Å²) in [4.78, 5) is 21.2. The summed E-state index contributed by atoms with van der Waals surface area (Å²) in [7, 11) is 1.51. The molecule has 0 saturated heterocycles. The maximum absolute atomic E-state index is 13.3. The summed E-state index contributed by atoms with van der Waals surface area (Å²) < 4.78 is 50.7. The fraction of sp³-hybridized carbons (Fsp3) is 0.444. The average molecular weight is 502 g/mol. The third-order valence-corrected chi connectivity index (χ3v) is 6.91. The SMILES string of the molecule is CCOC[C@@H](NC(=O)c1ccc(OC)nc1)C1CCC(c2ccnc3ccc(C(F)(F)F)cc23)CC1. The van der Waals surface area contributed by atoms with Crippen LogP contribution in [0.15, 0.2) is 48.8 Å². The molecule has 1 amide bonds. The highest BCUT2D eigenvalue weighted by Gasteiger charge is 2.33. The number of alkyl halides is 3. The lowest BCUT2D eigenvalue weighted by atomic mass is 9.75. The van der Waals surface area contributed by atoms with Gasteiger partial charge in [-0.2, -0.15) is 13.2 Å². The number of hydrogen-bond acceptors (Lipinski definition) is 5. The molecule has 1 N–H and O–H groups in total. The first-order chi connectivity index (χ1) is 17.3. The van der Waals surface area contributed by atoms with Crippen LogP contribution < -0.4 is 10.1 Å². The molecule has 36 heavy (non-hydrogen) atoms. The first-order valence-corrected chi connectivity index (χ1v) is 12.1. The second-order valence-electron chi connectivity index (χ2n) is 9.07. The van der Waals surface area contributed by atoms with Gasteiger partial charge < -0.3 is 14.8 Å². The zero-order valence-electron chi connectivity index (χ0n) is 20.3. The minimum absolute atomic E-state index is 0.129. The Labute approximate surface area is 208 Å². The zero-order chi connectivity index (χ0) is 25.7. The Kier molecular flexibility index (Phi) is 8.08. The number of rotatable bonds is 8. The number of methoxy groups -OCH3 is 1. The lowest BCUT2D eigenvalue weighted by Crippen LogP contribution is -2.44. The van der Waals surface area contributed by atoms with E-state index in [0.29, 0.717) is 35.6 Å². The van der Waals surface area contributed by atoms with Crippen molar-refractivity contribution < 1.29 is 27.4 Å². The Morgan fingerprint density at radius 3 is 2.53 bits per heavy atom. The molecule has 192 valence electrons. The molecule has 2 aromatic heterocycles. The van der Waals surface area contributed by atoms with Crippen molar-refractivity contribution in [2.45, 2.75) is 50.7 Å². The van der Waals surface area contributed by atoms with E-state index in [9.17, 15) is 18.0 Å². The predicted molar refractivity (Wildman–Crippen MR) is 130 cm³/mol. The summed E-state index contributed by atoms with van der Waals surface area (Å²) in [6.07, 6.45) is 2.01. The number of halogens is 3. The van der Waals surface area contributed by atoms with Crippen molar-refractivity contribution in [2.75, 3.05) is 20.3 Å². The third-order valence-electron chi connectivity index (χ3n) is 6.91. The molecule has 0 unspecified atom stereocenters. The lowest BCUT2D eigenvalue weighted by molar-refractivity contribution is -0.137. The summed E-state index contributed by atoms with van der Waals surface area (Å²) in [6.45, 7) is 2.84. The van der Waals surface area contributed by atoms with E-state index in [4.69, 9.17) is 9.47 Å². The topological polar surface area (TPSA) is 73.3 Å². The Morgan fingerprint density at radius 2 is 1.89 bits per heavy atom. The average Bonchev–Trinajstić information content (AvgIpc) is 2.90. The van der Waals surface area contributed by atoms with Gasteiger partial charge in [0.25, 0.3) is 5.91 Å². The normalized spacial score (nSPS) is 19.1. The Bertz CT molecular complexity index is 1180. The van der Waals surface area contributed by atoms with Crippen LogP contribution in [0.5, 0.6) is 5.88 Å². The molecule has 9 heteroatoms. The first-order valence-electron chi connectivity index (χ1n) is 12.1. The maximum Gasteiger partial charge on any atom is 0.416 e. The highest BCUT2D eigenvalue weighted by atomic mass is 19.4. The standard InChI is InChI=1S/C27H30F3N3O3/c1-3-36-16-24(33-26(34)19-8-11-25(35-2)32-15-19)18-6-4-17(5-7-18)21-12-13-31-23-10-9-20(14-22(21)23)27(28,29)30/h8-15,17-18,24H,3-7,16H2,1-2H3,(H,33,34)/t17?,18?,24-/m1/s1. The number of fused-ring (bicyclic) bond motifs is 1. The van der Waals surface area contributed by atoms with Crippen LogP contribution in [0.25, 0.3) is 10.9 Å². The number of aromatic nitrogens is 2. The number of nitrogens with one attached hydrogen (secondary N) is 1. The molecule has 0 radical (unpaired) electrons. The molecule has 2 heterocycles. The van der Waals surface area contributed by atoms with Crippen LogP contribution in [0.2, 0.25) is 0 Å². The number of carbonyl (C=O) groups excluding carboxylic acids is 1. The van der Waals surface area contributed by atoms with E-state index in [1.807, 2.05) is 13.0 Å². The highest BCUT2D eigenvalue weighted by Crippen LogP contribution is 2.40. The van der Waals surface area contributed by atoms with Gasteiger partial charge in [0.1, 0.15) is 0 Å². The Hall–Kier alpha value is -3.20. The molecule has 1 saturated carbocycles. The number of ether oxygens (including phenoxy) is 2. The molecule has 3 aromatic rings. The molecule has 1 aliphatic carbocycles. The van der Waals surface area contributed by atoms with Crippen LogP contribution in [0.4, 0.5) is 13.2 Å². The van der Waals surface area contributed by atoms with Crippen molar-refractivity contribution in [3.05, 3.63) is 65.5 Å². The molecule has 1 aliphatic rings. The van der Waals surface area contributed by atoms with Gasteiger partial charge in [-0.05, 0) is 80.3 Å². The van der Waals surface area contributed by atoms with Crippen LogP contribution in [0.1, 0.15) is 60.0 Å². The van der Waals surface area contributed by atoms with Crippen LogP contribution in [0, 0.1) is 5.92 Å². The third kappa shape index (κ3) is 5.95. The van der Waals surface area contributed by atoms with E-state index in [1.165, 1.54) is 25.4 Å². The van der Waals surface area contributed by atoms with E-state index in [2.05, 4.69) is 15.3 Å². The molecule has 6 nitrogen and oxygen atoms in total. The summed E-state index contributed by atoms with van der Waals surface area (Å²) >= 11 is 0.